The second-order valence-corrected chi connectivity index (χ2v) is 8.78. The van der Waals surface area contributed by atoms with Crippen LogP contribution in [0.25, 0.3) is 22.3 Å². The van der Waals surface area contributed by atoms with Crippen LogP contribution >= 0.6 is 0 Å². The van der Waals surface area contributed by atoms with Gasteiger partial charge in [0, 0.05) is 50.1 Å². The van der Waals surface area contributed by atoms with Gasteiger partial charge in [-0.15, -0.1) is 0 Å². The van der Waals surface area contributed by atoms with Gasteiger partial charge in [-0.25, -0.2) is 14.8 Å². The highest BCUT2D eigenvalue weighted by atomic mass is 16.6. The van der Waals surface area contributed by atoms with Gasteiger partial charge in [0.15, 0.2) is 5.82 Å². The average Bonchev–Trinajstić information content (AvgIpc) is 2.93. The molecule has 0 unspecified atom stereocenters. The molecule has 0 bridgehead atoms. The zero-order valence-corrected chi connectivity index (χ0v) is 21.6. The molecule has 3 aromatic heterocycles. The van der Waals surface area contributed by atoms with E-state index in [0.717, 1.165) is 12.0 Å². The minimum Gasteiger partial charge on any atom is -0.481 e. The van der Waals surface area contributed by atoms with E-state index in [-0.39, 0.29) is 23.5 Å². The molecule has 0 saturated carbocycles. The maximum atomic E-state index is 13.6. The summed E-state index contributed by atoms with van der Waals surface area (Å²) in [7, 11) is 1.57. The van der Waals surface area contributed by atoms with Crippen LogP contribution in [0.3, 0.4) is 0 Å². The van der Waals surface area contributed by atoms with Crippen LogP contribution < -0.4 is 15.6 Å². The number of fused-ring (bicyclic) bond motifs is 1. The van der Waals surface area contributed by atoms with Crippen LogP contribution in [0.1, 0.15) is 33.1 Å². The molecule has 1 aliphatic rings. The maximum Gasteiger partial charge on any atom is 0.409 e. The molecule has 198 valence electrons. The van der Waals surface area contributed by atoms with Crippen LogP contribution in [0.15, 0.2) is 35.4 Å². The lowest BCUT2D eigenvalue weighted by molar-refractivity contribution is 0.0983. The summed E-state index contributed by atoms with van der Waals surface area (Å²) in [6.07, 6.45) is 5.35. The van der Waals surface area contributed by atoms with Crippen molar-refractivity contribution in [3.63, 3.8) is 0 Å². The van der Waals surface area contributed by atoms with Crippen LogP contribution in [-0.4, -0.2) is 76.6 Å². The Morgan fingerprint density at radius 2 is 1.95 bits per heavy atom. The van der Waals surface area contributed by atoms with E-state index >= 15 is 0 Å². The van der Waals surface area contributed by atoms with Crippen molar-refractivity contribution in [2.45, 2.75) is 45.7 Å². The quantitative estimate of drug-likeness (QED) is 0.409. The fourth-order valence-corrected chi connectivity index (χ4v) is 4.29. The first-order chi connectivity index (χ1) is 18.0. The van der Waals surface area contributed by atoms with Gasteiger partial charge >= 0.3 is 6.09 Å². The molecule has 1 fully saturated rings. The molecular formula is C26H34N6O5. The Labute approximate surface area is 215 Å². The molecule has 1 saturated heterocycles. The first-order valence-corrected chi connectivity index (χ1v) is 12.7. The summed E-state index contributed by atoms with van der Waals surface area (Å²) in [6, 6.07) is 5.52. The molecule has 1 N–H and O–H groups in total. The summed E-state index contributed by atoms with van der Waals surface area (Å²) in [5, 5.41) is 3.32. The van der Waals surface area contributed by atoms with Gasteiger partial charge in [-0.2, -0.15) is 0 Å². The van der Waals surface area contributed by atoms with Crippen LogP contribution in [0, 0.1) is 0 Å². The Hall–Kier alpha value is -3.73. The molecule has 1 aliphatic heterocycles. The van der Waals surface area contributed by atoms with Crippen molar-refractivity contribution >= 4 is 22.9 Å². The zero-order valence-electron chi connectivity index (χ0n) is 21.6. The van der Waals surface area contributed by atoms with Gasteiger partial charge in [0.25, 0.3) is 5.56 Å². The molecule has 0 aromatic carbocycles. The summed E-state index contributed by atoms with van der Waals surface area (Å²) in [6.45, 7) is 6.74. The lowest BCUT2D eigenvalue weighted by atomic mass is 10.1. The lowest BCUT2D eigenvalue weighted by Crippen LogP contribution is -2.43. The van der Waals surface area contributed by atoms with Crippen LogP contribution in [0.4, 0.5) is 10.6 Å². The molecule has 37 heavy (non-hydrogen) atoms. The SMILES string of the molecule is CCCOCCn1c(=O)c(NC2CCN(C(=O)OCC)CC2)nc2cnc(-c3ccc(OC)nc3)cc21. The number of nitrogens with zero attached hydrogens (tertiary/aromatic N) is 5. The van der Waals surface area contributed by atoms with E-state index < -0.39 is 0 Å². The number of carbonyl (C=O) groups is 1. The lowest BCUT2D eigenvalue weighted by Gasteiger charge is -2.31. The Bertz CT molecular complexity index is 1250. The van der Waals surface area contributed by atoms with Crippen molar-refractivity contribution in [1.82, 2.24) is 24.4 Å². The number of hydrogen-bond acceptors (Lipinski definition) is 9. The van der Waals surface area contributed by atoms with E-state index in [4.69, 9.17) is 14.2 Å². The third-order valence-corrected chi connectivity index (χ3v) is 6.24. The van der Waals surface area contributed by atoms with Gasteiger partial charge in [0.05, 0.1) is 37.7 Å². The summed E-state index contributed by atoms with van der Waals surface area (Å²) in [5.41, 5.74) is 2.55. The zero-order chi connectivity index (χ0) is 26.2. The number of pyridine rings is 2. The number of amides is 1. The van der Waals surface area contributed by atoms with E-state index in [2.05, 4.69) is 20.3 Å². The van der Waals surface area contributed by atoms with Crippen molar-refractivity contribution in [1.29, 1.82) is 0 Å². The molecule has 4 rings (SSSR count). The van der Waals surface area contributed by atoms with Crippen molar-refractivity contribution in [2.75, 3.05) is 45.3 Å². The van der Waals surface area contributed by atoms with Gasteiger partial charge in [-0.1, -0.05) is 6.92 Å². The number of rotatable bonds is 10. The predicted molar refractivity (Wildman–Crippen MR) is 140 cm³/mol. The summed E-state index contributed by atoms with van der Waals surface area (Å²) in [4.78, 5) is 40.7. The predicted octanol–water partition coefficient (Wildman–Crippen LogP) is 3.32. The highest BCUT2D eigenvalue weighted by Crippen LogP contribution is 2.23. The fraction of sp³-hybridized carbons (Fsp3) is 0.500. The Morgan fingerprint density at radius 3 is 2.62 bits per heavy atom. The number of ether oxygens (including phenoxy) is 3. The number of aromatic nitrogens is 4. The van der Waals surface area contributed by atoms with Crippen molar-refractivity contribution in [3.8, 4) is 17.1 Å². The smallest absolute Gasteiger partial charge is 0.409 e. The third-order valence-electron chi connectivity index (χ3n) is 6.24. The first-order valence-electron chi connectivity index (χ1n) is 12.7. The Morgan fingerprint density at radius 1 is 1.14 bits per heavy atom. The monoisotopic (exact) mass is 510 g/mol. The number of piperidine rings is 1. The van der Waals surface area contributed by atoms with Crippen molar-refractivity contribution in [2.24, 2.45) is 0 Å². The van der Waals surface area contributed by atoms with E-state index in [9.17, 15) is 9.59 Å². The number of nitrogens with one attached hydrogen (secondary N) is 1. The maximum absolute atomic E-state index is 13.6. The molecule has 11 heteroatoms. The highest BCUT2D eigenvalue weighted by molar-refractivity contribution is 5.80. The molecule has 0 radical (unpaired) electrons. The first kappa shape index (κ1) is 26.3. The normalized spacial score (nSPS) is 14.1. The average molecular weight is 511 g/mol. The molecule has 0 aliphatic carbocycles. The molecule has 11 nitrogen and oxygen atoms in total. The summed E-state index contributed by atoms with van der Waals surface area (Å²) >= 11 is 0. The van der Waals surface area contributed by atoms with Gasteiger partial charge in [-0.3, -0.25) is 9.78 Å². The Balaban J connectivity index is 1.61. The molecule has 0 atom stereocenters. The molecule has 0 spiro atoms. The van der Waals surface area contributed by atoms with Gasteiger partial charge in [-0.05, 0) is 38.3 Å². The van der Waals surface area contributed by atoms with Crippen LogP contribution in [0.2, 0.25) is 0 Å². The van der Waals surface area contributed by atoms with E-state index in [1.54, 1.807) is 42.0 Å². The molecule has 4 heterocycles. The topological polar surface area (TPSA) is 121 Å². The number of methoxy groups -OCH3 is 1. The van der Waals surface area contributed by atoms with E-state index in [0.29, 0.717) is 74.9 Å². The van der Waals surface area contributed by atoms with E-state index in [1.807, 2.05) is 19.1 Å². The van der Waals surface area contributed by atoms with Gasteiger partial charge in [0.1, 0.15) is 5.52 Å². The second-order valence-electron chi connectivity index (χ2n) is 8.78. The summed E-state index contributed by atoms with van der Waals surface area (Å²) < 4.78 is 17.6. The minimum atomic E-state index is -0.298. The largest absolute Gasteiger partial charge is 0.481 e. The molecular weight excluding hydrogens is 476 g/mol. The van der Waals surface area contributed by atoms with Crippen molar-refractivity contribution < 1.29 is 19.0 Å². The second kappa shape index (κ2) is 12.5. The fourth-order valence-electron chi connectivity index (χ4n) is 4.29. The third kappa shape index (κ3) is 6.34. The minimum absolute atomic E-state index is 0.0192. The summed E-state index contributed by atoms with van der Waals surface area (Å²) in [5.74, 6) is 0.790. The van der Waals surface area contributed by atoms with Crippen LogP contribution in [-0.2, 0) is 16.0 Å². The standard InChI is InChI=1S/C26H34N6O5/c1-4-13-36-14-12-32-22-15-20(18-6-7-23(35-3)28-16-18)27-17-21(22)30-24(25(32)33)29-19-8-10-31(11-9-19)26(34)37-5-2/h6-7,15-17,19H,4-5,8-14H2,1-3H3,(H,29,30). The highest BCUT2D eigenvalue weighted by Gasteiger charge is 2.25. The van der Waals surface area contributed by atoms with Gasteiger partial charge in [0.2, 0.25) is 5.88 Å². The van der Waals surface area contributed by atoms with E-state index in [1.165, 1.54) is 0 Å². The van der Waals surface area contributed by atoms with Gasteiger partial charge < -0.3 is 29.0 Å². The molecule has 3 aromatic rings. The molecule has 1 amide bonds. The number of carbonyl (C=O) groups excluding carboxylic acids is 1. The Kier molecular flexibility index (Phi) is 8.89. The number of hydrogen-bond donors (Lipinski definition) is 1. The van der Waals surface area contributed by atoms with Crippen LogP contribution in [0.5, 0.6) is 5.88 Å². The number of anilines is 1. The number of likely N-dealkylation sites (tertiary alicyclic amines) is 1. The van der Waals surface area contributed by atoms with Crippen molar-refractivity contribution in [3.05, 3.63) is 40.9 Å².